The lowest BCUT2D eigenvalue weighted by Crippen LogP contribution is -2.22. The van der Waals surface area contributed by atoms with Crippen LogP contribution >= 0.6 is 0 Å². The van der Waals surface area contributed by atoms with E-state index in [-0.39, 0.29) is 11.5 Å². The highest BCUT2D eigenvalue weighted by atomic mass is 16.5. The Balaban J connectivity index is 1.89. The Hall–Kier alpha value is -3.86. The van der Waals surface area contributed by atoms with E-state index < -0.39 is 18.5 Å². The second-order valence-corrected chi connectivity index (χ2v) is 5.59. The van der Waals surface area contributed by atoms with Crippen molar-refractivity contribution in [1.29, 1.82) is 5.26 Å². The Kier molecular flexibility index (Phi) is 6.49. The van der Waals surface area contributed by atoms with Crippen molar-refractivity contribution in [2.45, 2.75) is 0 Å². The lowest BCUT2D eigenvalue weighted by Gasteiger charge is -2.11. The van der Waals surface area contributed by atoms with E-state index in [0.717, 1.165) is 0 Å². The summed E-state index contributed by atoms with van der Waals surface area (Å²) in [7, 11) is 3.28. The van der Waals surface area contributed by atoms with Gasteiger partial charge in [-0.05, 0) is 36.4 Å². The minimum atomic E-state index is -0.934. The maximum absolute atomic E-state index is 11.9. The van der Waals surface area contributed by atoms with Gasteiger partial charge in [-0.25, -0.2) is 4.79 Å². The minimum absolute atomic E-state index is 0.158. The van der Waals surface area contributed by atoms with E-state index in [0.29, 0.717) is 17.0 Å². The van der Waals surface area contributed by atoms with Crippen LogP contribution in [-0.2, 0) is 14.3 Å². The Morgan fingerprint density at radius 3 is 2.48 bits per heavy atom. The predicted octanol–water partition coefficient (Wildman–Crippen LogP) is 2.07. The van der Waals surface area contributed by atoms with Crippen LogP contribution < -0.4 is 5.32 Å². The lowest BCUT2D eigenvalue weighted by molar-refractivity contribution is -0.142. The standard InChI is InChI=1S/C19H17N3O5/c1-22(2)18(24)13-5-7-15(8-6-13)21-17(23)12-27-19(25)14(11-20)10-16-4-3-9-26-16/h3-10H,12H2,1-2H3,(H,21,23)/b14-10+. The van der Waals surface area contributed by atoms with Gasteiger partial charge in [-0.2, -0.15) is 5.26 Å². The first-order valence-corrected chi connectivity index (χ1v) is 7.84. The molecule has 1 N–H and O–H groups in total. The van der Waals surface area contributed by atoms with Gasteiger partial charge in [0.2, 0.25) is 0 Å². The zero-order valence-corrected chi connectivity index (χ0v) is 14.8. The molecule has 0 bridgehead atoms. The van der Waals surface area contributed by atoms with E-state index in [4.69, 9.17) is 14.4 Å². The molecule has 1 aromatic heterocycles. The summed E-state index contributed by atoms with van der Waals surface area (Å²) in [5.74, 6) is -1.35. The topological polar surface area (TPSA) is 113 Å². The number of rotatable bonds is 6. The summed E-state index contributed by atoms with van der Waals surface area (Å²) >= 11 is 0. The number of ether oxygens (including phenoxy) is 1. The molecule has 1 heterocycles. The first-order chi connectivity index (χ1) is 12.9. The molecule has 8 nitrogen and oxygen atoms in total. The molecule has 1 aromatic carbocycles. The minimum Gasteiger partial charge on any atom is -0.465 e. The van der Waals surface area contributed by atoms with Crippen molar-refractivity contribution in [2.75, 3.05) is 26.0 Å². The van der Waals surface area contributed by atoms with Gasteiger partial charge in [-0.3, -0.25) is 9.59 Å². The smallest absolute Gasteiger partial charge is 0.349 e. The highest BCUT2D eigenvalue weighted by Crippen LogP contribution is 2.11. The Bertz CT molecular complexity index is 890. The summed E-state index contributed by atoms with van der Waals surface area (Å²) in [6.07, 6.45) is 2.62. The maximum atomic E-state index is 11.9. The molecule has 0 spiro atoms. The Labute approximate surface area is 155 Å². The number of esters is 1. The number of benzene rings is 1. The number of hydrogen-bond donors (Lipinski definition) is 1. The zero-order chi connectivity index (χ0) is 19.8. The van der Waals surface area contributed by atoms with Crippen LogP contribution in [0.1, 0.15) is 16.1 Å². The number of nitrogens with zero attached hydrogens (tertiary/aromatic N) is 2. The van der Waals surface area contributed by atoms with Gasteiger partial charge in [-0.1, -0.05) is 0 Å². The number of hydrogen-bond acceptors (Lipinski definition) is 6. The van der Waals surface area contributed by atoms with Gasteiger partial charge < -0.3 is 19.4 Å². The second-order valence-electron chi connectivity index (χ2n) is 5.59. The van der Waals surface area contributed by atoms with E-state index >= 15 is 0 Å². The number of nitrogens with one attached hydrogen (secondary N) is 1. The number of nitriles is 1. The number of furan rings is 1. The second kappa shape index (κ2) is 9.01. The Morgan fingerprint density at radius 1 is 1.22 bits per heavy atom. The molecule has 0 aliphatic carbocycles. The van der Waals surface area contributed by atoms with E-state index in [9.17, 15) is 14.4 Å². The summed E-state index contributed by atoms with van der Waals surface area (Å²) in [6.45, 7) is -0.561. The highest BCUT2D eigenvalue weighted by Gasteiger charge is 2.14. The molecule has 8 heteroatoms. The van der Waals surface area contributed by atoms with Crippen LogP contribution in [-0.4, -0.2) is 43.4 Å². The van der Waals surface area contributed by atoms with Crippen LogP contribution in [0.2, 0.25) is 0 Å². The number of carbonyl (C=O) groups is 3. The molecule has 0 fully saturated rings. The van der Waals surface area contributed by atoms with Crippen LogP contribution in [0, 0.1) is 11.3 Å². The van der Waals surface area contributed by atoms with Gasteiger partial charge >= 0.3 is 5.97 Å². The molecule has 0 saturated heterocycles. The molecule has 2 amide bonds. The van der Waals surface area contributed by atoms with Crippen LogP contribution in [0.5, 0.6) is 0 Å². The van der Waals surface area contributed by atoms with Crippen LogP contribution in [0.4, 0.5) is 5.69 Å². The average Bonchev–Trinajstić information content (AvgIpc) is 3.17. The molecule has 0 radical (unpaired) electrons. The van der Waals surface area contributed by atoms with E-state index in [1.54, 1.807) is 56.6 Å². The van der Waals surface area contributed by atoms with Crippen LogP contribution in [0.3, 0.4) is 0 Å². The van der Waals surface area contributed by atoms with Crippen molar-refractivity contribution in [3.8, 4) is 6.07 Å². The van der Waals surface area contributed by atoms with Crippen molar-refractivity contribution < 1.29 is 23.5 Å². The summed E-state index contributed by atoms with van der Waals surface area (Å²) in [5, 5.41) is 11.5. The molecule has 0 atom stereocenters. The largest absolute Gasteiger partial charge is 0.465 e. The number of carbonyl (C=O) groups excluding carboxylic acids is 3. The monoisotopic (exact) mass is 367 g/mol. The number of amides is 2. The molecular weight excluding hydrogens is 350 g/mol. The molecule has 2 rings (SSSR count). The van der Waals surface area contributed by atoms with Crippen molar-refractivity contribution in [2.24, 2.45) is 0 Å². The van der Waals surface area contributed by atoms with Gasteiger partial charge in [0, 0.05) is 31.4 Å². The molecule has 0 saturated carbocycles. The maximum Gasteiger partial charge on any atom is 0.349 e. The van der Waals surface area contributed by atoms with Crippen LogP contribution in [0.25, 0.3) is 6.08 Å². The molecule has 0 unspecified atom stereocenters. The molecular formula is C19H17N3O5. The van der Waals surface area contributed by atoms with E-state index in [1.807, 2.05) is 0 Å². The van der Waals surface area contributed by atoms with Crippen molar-refractivity contribution in [3.63, 3.8) is 0 Å². The van der Waals surface area contributed by atoms with Crippen molar-refractivity contribution in [3.05, 3.63) is 59.6 Å². The average molecular weight is 367 g/mol. The summed E-state index contributed by atoms with van der Waals surface area (Å²) in [5.41, 5.74) is 0.633. The third-order valence-electron chi connectivity index (χ3n) is 3.33. The molecule has 0 aliphatic heterocycles. The SMILES string of the molecule is CN(C)C(=O)c1ccc(NC(=O)COC(=O)/C(C#N)=C/c2ccco2)cc1. The summed E-state index contributed by atoms with van der Waals surface area (Å²) in [6, 6.07) is 11.2. The first-order valence-electron chi connectivity index (χ1n) is 7.84. The van der Waals surface area contributed by atoms with Gasteiger partial charge in [-0.15, -0.1) is 0 Å². The molecule has 27 heavy (non-hydrogen) atoms. The van der Waals surface area contributed by atoms with E-state index in [2.05, 4.69) is 5.32 Å². The van der Waals surface area contributed by atoms with Crippen LogP contribution in [0.15, 0.2) is 52.7 Å². The van der Waals surface area contributed by atoms with Gasteiger partial charge in [0.15, 0.2) is 6.61 Å². The predicted molar refractivity (Wildman–Crippen MR) is 96.3 cm³/mol. The Morgan fingerprint density at radius 2 is 1.93 bits per heavy atom. The molecule has 138 valence electrons. The fourth-order valence-corrected chi connectivity index (χ4v) is 2.01. The van der Waals surface area contributed by atoms with Gasteiger partial charge in [0.25, 0.3) is 11.8 Å². The van der Waals surface area contributed by atoms with Crippen molar-refractivity contribution in [1.82, 2.24) is 4.90 Å². The lowest BCUT2D eigenvalue weighted by atomic mass is 10.2. The first kappa shape index (κ1) is 19.5. The quantitative estimate of drug-likeness (QED) is 0.475. The zero-order valence-electron chi connectivity index (χ0n) is 14.8. The fraction of sp³-hybridized carbons (Fsp3) is 0.158. The third-order valence-corrected chi connectivity index (χ3v) is 3.33. The number of anilines is 1. The van der Waals surface area contributed by atoms with Gasteiger partial charge in [0.1, 0.15) is 17.4 Å². The van der Waals surface area contributed by atoms with E-state index in [1.165, 1.54) is 17.2 Å². The third kappa shape index (κ3) is 5.57. The summed E-state index contributed by atoms with van der Waals surface area (Å²) < 4.78 is 9.85. The summed E-state index contributed by atoms with van der Waals surface area (Å²) in [4.78, 5) is 37.0. The van der Waals surface area contributed by atoms with Crippen molar-refractivity contribution >= 4 is 29.5 Å². The fourth-order valence-electron chi connectivity index (χ4n) is 2.01. The molecule has 0 aliphatic rings. The normalized spacial score (nSPS) is 10.6. The highest BCUT2D eigenvalue weighted by molar-refractivity contribution is 6.00. The molecule has 2 aromatic rings. The van der Waals surface area contributed by atoms with Gasteiger partial charge in [0.05, 0.1) is 6.26 Å².